The minimum Gasteiger partial charge on any atom is -0.489 e. The number of aliphatic hydroxyl groups excluding tert-OH is 1. The summed E-state index contributed by atoms with van der Waals surface area (Å²) in [7, 11) is 0. The Kier molecular flexibility index (Phi) is 5.44. The van der Waals surface area contributed by atoms with Gasteiger partial charge in [-0.05, 0) is 12.1 Å². The van der Waals surface area contributed by atoms with Gasteiger partial charge < -0.3 is 15.2 Å². The summed E-state index contributed by atoms with van der Waals surface area (Å²) < 4.78 is 30.9. The normalized spacial score (nSPS) is 10.9. The molecule has 104 valence electrons. The van der Waals surface area contributed by atoms with E-state index in [1.54, 1.807) is 18.2 Å². The van der Waals surface area contributed by atoms with E-state index in [0.717, 1.165) is 0 Å². The molecule has 0 heterocycles. The average Bonchev–Trinajstić information content (AvgIpc) is 2.43. The molecule has 0 aromatic heterocycles. The molecular formula is C13H15F2NO3. The lowest BCUT2D eigenvalue weighted by molar-refractivity contribution is -0.0462. The number of carbonyl (C=O) groups is 1. The van der Waals surface area contributed by atoms with Crippen LogP contribution in [0.15, 0.2) is 36.9 Å². The summed E-state index contributed by atoms with van der Waals surface area (Å²) in [5.74, 6) is -3.74. The molecule has 0 aliphatic carbocycles. The van der Waals surface area contributed by atoms with Crippen LogP contribution >= 0.6 is 0 Å². The van der Waals surface area contributed by atoms with E-state index in [2.05, 4.69) is 11.9 Å². The first kappa shape index (κ1) is 15.1. The van der Waals surface area contributed by atoms with E-state index in [1.165, 1.54) is 12.1 Å². The van der Waals surface area contributed by atoms with Gasteiger partial charge in [0.25, 0.3) is 11.8 Å². The predicted octanol–water partition coefficient (Wildman–Crippen LogP) is 1.61. The van der Waals surface area contributed by atoms with Crippen LogP contribution in [0.25, 0.3) is 0 Å². The Hall–Kier alpha value is -1.95. The number of rotatable bonds is 7. The topological polar surface area (TPSA) is 58.6 Å². The van der Waals surface area contributed by atoms with E-state index >= 15 is 0 Å². The van der Waals surface area contributed by atoms with E-state index in [4.69, 9.17) is 9.84 Å². The minimum absolute atomic E-state index is 0.151. The second kappa shape index (κ2) is 6.84. The lowest BCUT2D eigenvalue weighted by Crippen LogP contribution is -2.39. The second-order valence-corrected chi connectivity index (χ2v) is 3.79. The molecule has 0 spiro atoms. The van der Waals surface area contributed by atoms with Crippen molar-refractivity contribution < 1.29 is 23.4 Å². The Morgan fingerprint density at radius 1 is 1.47 bits per heavy atom. The van der Waals surface area contributed by atoms with Crippen molar-refractivity contribution in [1.29, 1.82) is 0 Å². The van der Waals surface area contributed by atoms with Crippen molar-refractivity contribution in [3.63, 3.8) is 0 Å². The first-order valence-corrected chi connectivity index (χ1v) is 5.60. The molecule has 0 radical (unpaired) electrons. The molecule has 2 N–H and O–H groups in total. The van der Waals surface area contributed by atoms with Crippen LogP contribution in [0.2, 0.25) is 0 Å². The molecule has 0 unspecified atom stereocenters. The Balaban J connectivity index is 2.73. The number of benzene rings is 1. The number of nitrogens with one attached hydrogen (secondary N) is 1. The largest absolute Gasteiger partial charge is 0.489 e. The van der Waals surface area contributed by atoms with Gasteiger partial charge in [0.15, 0.2) is 0 Å². The van der Waals surface area contributed by atoms with Crippen molar-refractivity contribution >= 4 is 5.91 Å². The monoisotopic (exact) mass is 271 g/mol. The van der Waals surface area contributed by atoms with Gasteiger partial charge in [0, 0.05) is 0 Å². The lowest BCUT2D eigenvalue weighted by Gasteiger charge is -2.15. The molecule has 6 heteroatoms. The SMILES string of the molecule is C=CCOc1ccccc1C(=O)NCC(F)(F)CO. The highest BCUT2D eigenvalue weighted by Gasteiger charge is 2.28. The van der Waals surface area contributed by atoms with Gasteiger partial charge in [0.05, 0.1) is 12.1 Å². The quantitative estimate of drug-likeness (QED) is 0.741. The first-order valence-electron chi connectivity index (χ1n) is 5.60. The summed E-state index contributed by atoms with van der Waals surface area (Å²) in [6.45, 7) is 1.43. The van der Waals surface area contributed by atoms with Crippen LogP contribution in [-0.2, 0) is 0 Å². The van der Waals surface area contributed by atoms with Gasteiger partial charge in [-0.2, -0.15) is 0 Å². The molecule has 4 nitrogen and oxygen atoms in total. The van der Waals surface area contributed by atoms with E-state index in [0.29, 0.717) is 0 Å². The van der Waals surface area contributed by atoms with Crippen LogP contribution < -0.4 is 10.1 Å². The van der Waals surface area contributed by atoms with Gasteiger partial charge >= 0.3 is 0 Å². The first-order chi connectivity index (χ1) is 9.00. The van der Waals surface area contributed by atoms with Gasteiger partial charge in [-0.25, -0.2) is 8.78 Å². The number of para-hydroxylation sites is 1. The van der Waals surface area contributed by atoms with Gasteiger partial charge in [-0.3, -0.25) is 4.79 Å². The second-order valence-electron chi connectivity index (χ2n) is 3.79. The molecular weight excluding hydrogens is 256 g/mol. The Bertz CT molecular complexity index is 449. The van der Waals surface area contributed by atoms with Crippen molar-refractivity contribution in [2.24, 2.45) is 0 Å². The fraction of sp³-hybridized carbons (Fsp3) is 0.308. The summed E-state index contributed by atoms with van der Waals surface area (Å²) in [4.78, 5) is 11.8. The number of amides is 1. The van der Waals surface area contributed by atoms with Gasteiger partial charge in [0.2, 0.25) is 0 Å². The molecule has 19 heavy (non-hydrogen) atoms. The van der Waals surface area contributed by atoms with Crippen LogP contribution in [0.4, 0.5) is 8.78 Å². The maximum atomic E-state index is 12.8. The summed E-state index contributed by atoms with van der Waals surface area (Å²) >= 11 is 0. The molecule has 0 fully saturated rings. The van der Waals surface area contributed by atoms with Gasteiger partial charge in [-0.15, -0.1) is 0 Å². The number of ether oxygens (including phenoxy) is 1. The molecule has 0 aliphatic heterocycles. The van der Waals surface area contributed by atoms with Gasteiger partial charge in [-0.1, -0.05) is 24.8 Å². The van der Waals surface area contributed by atoms with Crippen LogP contribution in [0.1, 0.15) is 10.4 Å². The lowest BCUT2D eigenvalue weighted by atomic mass is 10.2. The molecule has 0 saturated carbocycles. The highest BCUT2D eigenvalue weighted by atomic mass is 19.3. The molecule has 0 saturated heterocycles. The fourth-order valence-electron chi connectivity index (χ4n) is 1.29. The van der Waals surface area contributed by atoms with Crippen LogP contribution in [0.5, 0.6) is 5.75 Å². The number of halogens is 2. The highest BCUT2D eigenvalue weighted by Crippen LogP contribution is 2.18. The molecule has 1 amide bonds. The minimum atomic E-state index is -3.34. The third kappa shape index (κ3) is 4.67. The van der Waals surface area contributed by atoms with E-state index < -0.39 is 25.0 Å². The maximum absolute atomic E-state index is 12.8. The van der Waals surface area contributed by atoms with E-state index in [1.807, 2.05) is 0 Å². The predicted molar refractivity (Wildman–Crippen MR) is 66.5 cm³/mol. The van der Waals surface area contributed by atoms with Crippen molar-refractivity contribution in [2.45, 2.75) is 5.92 Å². The van der Waals surface area contributed by atoms with E-state index in [9.17, 15) is 13.6 Å². The van der Waals surface area contributed by atoms with Crippen LogP contribution in [-0.4, -0.2) is 36.7 Å². The third-order valence-corrected chi connectivity index (χ3v) is 2.23. The van der Waals surface area contributed by atoms with Crippen molar-refractivity contribution in [3.05, 3.63) is 42.5 Å². The highest BCUT2D eigenvalue weighted by molar-refractivity contribution is 5.96. The zero-order valence-electron chi connectivity index (χ0n) is 10.2. The molecule has 1 aromatic carbocycles. The smallest absolute Gasteiger partial charge is 0.287 e. The molecule has 1 aromatic rings. The van der Waals surface area contributed by atoms with E-state index in [-0.39, 0.29) is 17.9 Å². The van der Waals surface area contributed by atoms with Crippen molar-refractivity contribution in [2.75, 3.05) is 19.8 Å². The summed E-state index contributed by atoms with van der Waals surface area (Å²) in [6.07, 6.45) is 1.51. The summed E-state index contributed by atoms with van der Waals surface area (Å²) in [5, 5.41) is 10.5. The third-order valence-electron chi connectivity index (χ3n) is 2.23. The average molecular weight is 271 g/mol. The van der Waals surface area contributed by atoms with Crippen LogP contribution in [0.3, 0.4) is 0 Å². The number of hydrogen-bond acceptors (Lipinski definition) is 3. The fourth-order valence-corrected chi connectivity index (χ4v) is 1.29. The Morgan fingerprint density at radius 2 is 2.16 bits per heavy atom. The Labute approximate surface area is 109 Å². The van der Waals surface area contributed by atoms with Gasteiger partial charge in [0.1, 0.15) is 19.0 Å². The molecule has 0 bridgehead atoms. The summed E-state index contributed by atoms with van der Waals surface area (Å²) in [6, 6.07) is 6.28. The number of aliphatic hydroxyl groups is 1. The number of alkyl halides is 2. The standard InChI is InChI=1S/C13H15F2NO3/c1-2-7-19-11-6-4-3-5-10(11)12(18)16-8-13(14,15)9-17/h2-6,17H,1,7-9H2,(H,16,18). The number of carbonyl (C=O) groups excluding carboxylic acids is 1. The van der Waals surface area contributed by atoms with Crippen molar-refractivity contribution in [1.82, 2.24) is 5.32 Å². The zero-order valence-corrected chi connectivity index (χ0v) is 10.2. The Morgan fingerprint density at radius 3 is 2.79 bits per heavy atom. The number of hydrogen-bond donors (Lipinski definition) is 2. The summed E-state index contributed by atoms with van der Waals surface area (Å²) in [5.41, 5.74) is 0.151. The molecule has 1 rings (SSSR count). The molecule has 0 aliphatic rings. The zero-order chi connectivity index (χ0) is 14.3. The maximum Gasteiger partial charge on any atom is 0.287 e. The van der Waals surface area contributed by atoms with Crippen LogP contribution in [0, 0.1) is 0 Å². The molecule has 0 atom stereocenters. The van der Waals surface area contributed by atoms with Crippen molar-refractivity contribution in [3.8, 4) is 5.75 Å².